The van der Waals surface area contributed by atoms with E-state index in [4.69, 9.17) is 5.11 Å². The van der Waals surface area contributed by atoms with Crippen LogP contribution in [-0.2, 0) is 19.1 Å². The van der Waals surface area contributed by atoms with Crippen LogP contribution in [0.1, 0.15) is 58.3 Å². The molecule has 0 aromatic heterocycles. The molecule has 1 saturated heterocycles. The highest BCUT2D eigenvalue weighted by Crippen LogP contribution is 2.29. The molecule has 1 fully saturated rings. The van der Waals surface area contributed by atoms with Crippen molar-refractivity contribution >= 4 is 17.9 Å². The van der Waals surface area contributed by atoms with Crippen molar-refractivity contribution in [3.05, 3.63) is 12.2 Å². The third-order valence-electron chi connectivity index (χ3n) is 3.79. The van der Waals surface area contributed by atoms with E-state index >= 15 is 0 Å². The van der Waals surface area contributed by atoms with E-state index < -0.39 is 17.9 Å². The normalized spacial score (nSPS) is 20.0. The summed E-state index contributed by atoms with van der Waals surface area (Å²) in [7, 11) is 0. The smallest absolute Gasteiger partial charge is 0.317 e. The molecule has 5 nitrogen and oxygen atoms in total. The number of hydrogen-bond donors (Lipinski definition) is 1. The minimum Gasteiger partial charge on any atom is -0.481 e. The third-order valence-corrected chi connectivity index (χ3v) is 3.79. The lowest BCUT2D eigenvalue weighted by Gasteiger charge is -2.16. The quantitative estimate of drug-likeness (QED) is 0.290. The SMILES string of the molecule is CC=CC(CCCCCCCC(=O)O)C1CC(=O)OC1=O. The number of carboxylic acid groups (broad SMARTS) is 1. The number of carbonyl (C=O) groups is 3. The van der Waals surface area contributed by atoms with Crippen LogP contribution in [-0.4, -0.2) is 23.0 Å². The van der Waals surface area contributed by atoms with Gasteiger partial charge in [0.25, 0.3) is 0 Å². The fourth-order valence-corrected chi connectivity index (χ4v) is 2.68. The van der Waals surface area contributed by atoms with Crippen LogP contribution in [0.5, 0.6) is 0 Å². The largest absolute Gasteiger partial charge is 0.481 e. The summed E-state index contributed by atoms with van der Waals surface area (Å²) < 4.78 is 4.62. The minimum absolute atomic E-state index is 0.0629. The van der Waals surface area contributed by atoms with Gasteiger partial charge < -0.3 is 9.84 Å². The monoisotopic (exact) mass is 296 g/mol. The van der Waals surface area contributed by atoms with Crippen molar-refractivity contribution in [1.29, 1.82) is 0 Å². The summed E-state index contributed by atoms with van der Waals surface area (Å²) in [6, 6.07) is 0. The van der Waals surface area contributed by atoms with Gasteiger partial charge in [0.15, 0.2) is 0 Å². The molecule has 0 bridgehead atoms. The standard InChI is InChI=1S/C16H24O5/c1-2-8-12(13-11-15(19)21-16(13)20)9-6-4-3-5-7-10-14(17)18/h2,8,12-13H,3-7,9-11H2,1H3,(H,17,18). The maximum atomic E-state index is 11.6. The Balaban J connectivity index is 2.24. The lowest BCUT2D eigenvalue weighted by Crippen LogP contribution is -2.17. The highest BCUT2D eigenvalue weighted by molar-refractivity contribution is 5.94. The molecule has 0 spiro atoms. The van der Waals surface area contributed by atoms with Crippen LogP contribution >= 0.6 is 0 Å². The molecule has 1 heterocycles. The summed E-state index contributed by atoms with van der Waals surface area (Å²) in [5.41, 5.74) is 0. The topological polar surface area (TPSA) is 80.7 Å². The first kappa shape index (κ1) is 17.4. The Morgan fingerprint density at radius 1 is 1.29 bits per heavy atom. The maximum absolute atomic E-state index is 11.6. The lowest BCUT2D eigenvalue weighted by atomic mass is 9.86. The van der Waals surface area contributed by atoms with Gasteiger partial charge in [-0.05, 0) is 25.7 Å². The van der Waals surface area contributed by atoms with Gasteiger partial charge in [-0.3, -0.25) is 14.4 Å². The van der Waals surface area contributed by atoms with Gasteiger partial charge in [0.2, 0.25) is 0 Å². The number of carboxylic acids is 1. The van der Waals surface area contributed by atoms with Crippen molar-refractivity contribution in [2.24, 2.45) is 11.8 Å². The molecule has 0 aliphatic carbocycles. The summed E-state index contributed by atoms with van der Waals surface area (Å²) in [6.07, 6.45) is 9.80. The first-order valence-electron chi connectivity index (χ1n) is 7.63. The summed E-state index contributed by atoms with van der Waals surface area (Å²) in [5.74, 6) is -1.83. The molecule has 1 N–H and O–H groups in total. The molecule has 0 saturated carbocycles. The number of carbonyl (C=O) groups excluding carboxylic acids is 2. The average molecular weight is 296 g/mol. The van der Waals surface area contributed by atoms with Gasteiger partial charge in [0.1, 0.15) is 0 Å². The second-order valence-electron chi connectivity index (χ2n) is 5.49. The Kier molecular flexibility index (Phi) is 7.72. The van der Waals surface area contributed by atoms with Crippen LogP contribution in [0.2, 0.25) is 0 Å². The molecule has 1 aliphatic rings. The zero-order valence-electron chi connectivity index (χ0n) is 12.5. The van der Waals surface area contributed by atoms with E-state index in [9.17, 15) is 14.4 Å². The fourth-order valence-electron chi connectivity index (χ4n) is 2.68. The highest BCUT2D eigenvalue weighted by atomic mass is 16.6. The Bertz CT molecular complexity index is 399. The van der Waals surface area contributed by atoms with E-state index in [1.54, 1.807) is 0 Å². The van der Waals surface area contributed by atoms with E-state index in [1.807, 2.05) is 19.1 Å². The van der Waals surface area contributed by atoms with Crippen molar-refractivity contribution in [3.63, 3.8) is 0 Å². The number of unbranched alkanes of at least 4 members (excludes halogenated alkanes) is 4. The molecule has 0 aromatic carbocycles. The molecule has 2 unspecified atom stereocenters. The molecule has 118 valence electrons. The van der Waals surface area contributed by atoms with Gasteiger partial charge >= 0.3 is 17.9 Å². The Morgan fingerprint density at radius 3 is 2.52 bits per heavy atom. The molecule has 1 aliphatic heterocycles. The van der Waals surface area contributed by atoms with Gasteiger partial charge in [0, 0.05) is 6.42 Å². The molecule has 2 atom stereocenters. The second kappa shape index (κ2) is 9.32. The lowest BCUT2D eigenvalue weighted by molar-refractivity contribution is -0.153. The highest BCUT2D eigenvalue weighted by Gasteiger charge is 2.37. The van der Waals surface area contributed by atoms with Crippen molar-refractivity contribution in [1.82, 2.24) is 0 Å². The Morgan fingerprint density at radius 2 is 1.95 bits per heavy atom. The first-order chi connectivity index (χ1) is 10.0. The number of rotatable bonds is 10. The van der Waals surface area contributed by atoms with Crippen molar-refractivity contribution in [2.75, 3.05) is 0 Å². The zero-order valence-corrected chi connectivity index (χ0v) is 12.5. The van der Waals surface area contributed by atoms with Crippen molar-refractivity contribution < 1.29 is 24.2 Å². The molecule has 0 aromatic rings. The van der Waals surface area contributed by atoms with Crippen LogP contribution in [0.4, 0.5) is 0 Å². The van der Waals surface area contributed by atoms with E-state index in [2.05, 4.69) is 4.74 Å². The molecule has 5 heteroatoms. The third kappa shape index (κ3) is 6.56. The summed E-state index contributed by atoms with van der Waals surface area (Å²) in [6.45, 7) is 1.90. The molecular formula is C16H24O5. The molecule has 21 heavy (non-hydrogen) atoms. The minimum atomic E-state index is -0.743. The molecule has 0 radical (unpaired) electrons. The number of allylic oxidation sites excluding steroid dienone is 2. The Labute approximate surface area is 125 Å². The summed E-state index contributed by atoms with van der Waals surface area (Å²) >= 11 is 0. The van der Waals surface area contributed by atoms with Crippen LogP contribution in [0, 0.1) is 11.8 Å². The number of ether oxygens (including phenoxy) is 1. The zero-order chi connectivity index (χ0) is 15.7. The average Bonchev–Trinajstić information content (AvgIpc) is 2.75. The predicted octanol–water partition coefficient (Wildman–Crippen LogP) is 3.08. The van der Waals surface area contributed by atoms with Gasteiger partial charge in [0.05, 0.1) is 12.3 Å². The van der Waals surface area contributed by atoms with Crippen LogP contribution in [0.3, 0.4) is 0 Å². The summed E-state index contributed by atoms with van der Waals surface area (Å²) in [5, 5.41) is 8.54. The van der Waals surface area contributed by atoms with E-state index in [0.717, 1.165) is 38.5 Å². The number of hydrogen-bond acceptors (Lipinski definition) is 4. The van der Waals surface area contributed by atoms with Gasteiger partial charge in [-0.15, -0.1) is 0 Å². The molecule has 0 amide bonds. The van der Waals surface area contributed by atoms with E-state index in [0.29, 0.717) is 0 Å². The van der Waals surface area contributed by atoms with Crippen LogP contribution in [0.25, 0.3) is 0 Å². The molecular weight excluding hydrogens is 272 g/mol. The van der Waals surface area contributed by atoms with Crippen LogP contribution in [0.15, 0.2) is 12.2 Å². The maximum Gasteiger partial charge on any atom is 0.317 e. The van der Waals surface area contributed by atoms with E-state index in [1.165, 1.54) is 0 Å². The molecule has 1 rings (SSSR count). The number of aliphatic carboxylic acids is 1. The second-order valence-corrected chi connectivity index (χ2v) is 5.49. The van der Waals surface area contributed by atoms with Crippen LogP contribution < -0.4 is 0 Å². The van der Waals surface area contributed by atoms with Gasteiger partial charge in [-0.25, -0.2) is 0 Å². The summed E-state index contributed by atoms with van der Waals surface area (Å²) in [4.78, 5) is 33.1. The van der Waals surface area contributed by atoms with Crippen molar-refractivity contribution in [2.45, 2.75) is 58.3 Å². The number of cyclic esters (lactones) is 2. The Hall–Kier alpha value is -1.65. The fraction of sp³-hybridized carbons (Fsp3) is 0.688. The predicted molar refractivity (Wildman–Crippen MR) is 77.5 cm³/mol. The van der Waals surface area contributed by atoms with Gasteiger partial charge in [-0.1, -0.05) is 37.8 Å². The van der Waals surface area contributed by atoms with Gasteiger partial charge in [-0.2, -0.15) is 0 Å². The van der Waals surface area contributed by atoms with E-state index in [-0.39, 0.29) is 24.7 Å². The first-order valence-corrected chi connectivity index (χ1v) is 7.63. The number of esters is 2. The van der Waals surface area contributed by atoms with Crippen molar-refractivity contribution in [3.8, 4) is 0 Å².